The van der Waals surface area contributed by atoms with Crippen molar-refractivity contribution in [1.29, 1.82) is 0 Å². The molecule has 7 atom stereocenters. The second-order valence-corrected chi connectivity index (χ2v) is 12.5. The summed E-state index contributed by atoms with van der Waals surface area (Å²) in [6, 6.07) is 0. The summed E-state index contributed by atoms with van der Waals surface area (Å²) in [6.45, 7) is 6.17. The van der Waals surface area contributed by atoms with Crippen molar-refractivity contribution in [2.24, 2.45) is 28.6 Å². The van der Waals surface area contributed by atoms with Gasteiger partial charge in [0.1, 0.15) is 0 Å². The van der Waals surface area contributed by atoms with Gasteiger partial charge in [-0.1, -0.05) is 25.5 Å². The van der Waals surface area contributed by atoms with E-state index < -0.39 is 32.5 Å². The van der Waals surface area contributed by atoms with Crippen LogP contribution in [0, 0.1) is 28.6 Å². The Bertz CT molecular complexity index is 957. The van der Waals surface area contributed by atoms with Crippen LogP contribution in [-0.4, -0.2) is 37.6 Å². The standard InChI is InChI=1S/C20H32O8S2/c1-18-9-6-14(27-29(21,22)23)12-13(18)4-5-15-16(18)7-10-19(2)17(15)8-11-20(19,3)28-30(24,25)26/h4,14-17H,5-12H2,1-3H3,(H,21,22,23)(H,24,25,26)/t14-,15+,16-,17-,18-,19-,20-/m0/s1. The van der Waals surface area contributed by atoms with Crippen LogP contribution in [0.3, 0.4) is 0 Å². The van der Waals surface area contributed by atoms with Crippen LogP contribution >= 0.6 is 0 Å². The zero-order chi connectivity index (χ0) is 22.2. The van der Waals surface area contributed by atoms with Gasteiger partial charge in [-0.3, -0.25) is 9.11 Å². The van der Waals surface area contributed by atoms with Gasteiger partial charge >= 0.3 is 20.8 Å². The summed E-state index contributed by atoms with van der Waals surface area (Å²) in [7, 11) is -8.99. The second kappa shape index (κ2) is 6.99. The monoisotopic (exact) mass is 464 g/mol. The summed E-state index contributed by atoms with van der Waals surface area (Å²) in [4.78, 5) is 0. The molecule has 2 N–H and O–H groups in total. The average molecular weight is 465 g/mol. The Morgan fingerprint density at radius 3 is 2.23 bits per heavy atom. The summed E-state index contributed by atoms with van der Waals surface area (Å²) in [5, 5.41) is 0. The van der Waals surface area contributed by atoms with E-state index in [0.29, 0.717) is 37.0 Å². The molecule has 4 rings (SSSR count). The van der Waals surface area contributed by atoms with E-state index in [1.165, 1.54) is 5.57 Å². The lowest BCUT2D eigenvalue weighted by molar-refractivity contribution is -0.103. The SMILES string of the molecule is C[C@]12CC[C@H](OS(=O)(=O)O)CC1=CC[C@@H]1[C@@H]2CC[C@@]2(C)[C@H]1CC[C@]2(C)OS(=O)(=O)O. The van der Waals surface area contributed by atoms with Crippen LogP contribution < -0.4 is 0 Å². The molecule has 30 heavy (non-hydrogen) atoms. The molecule has 0 amide bonds. The van der Waals surface area contributed by atoms with Crippen LogP contribution in [-0.2, 0) is 29.2 Å². The largest absolute Gasteiger partial charge is 0.397 e. The molecule has 4 aliphatic carbocycles. The topological polar surface area (TPSA) is 127 Å². The Labute approximate surface area is 179 Å². The molecule has 0 aromatic rings. The molecule has 0 unspecified atom stereocenters. The van der Waals surface area contributed by atoms with Gasteiger partial charge in [0, 0.05) is 5.41 Å². The van der Waals surface area contributed by atoms with E-state index >= 15 is 0 Å². The van der Waals surface area contributed by atoms with Gasteiger partial charge in [0.25, 0.3) is 0 Å². The first-order valence-corrected chi connectivity index (χ1v) is 13.4. The third-order valence-corrected chi connectivity index (χ3v) is 10.2. The molecular weight excluding hydrogens is 432 g/mol. The fourth-order valence-electron chi connectivity index (χ4n) is 7.48. The molecule has 3 saturated carbocycles. The maximum Gasteiger partial charge on any atom is 0.397 e. The van der Waals surface area contributed by atoms with E-state index in [2.05, 4.69) is 19.9 Å². The molecule has 3 fully saturated rings. The van der Waals surface area contributed by atoms with Crippen LogP contribution in [0.5, 0.6) is 0 Å². The molecule has 10 heteroatoms. The van der Waals surface area contributed by atoms with Crippen LogP contribution in [0.25, 0.3) is 0 Å². The number of hydrogen-bond acceptors (Lipinski definition) is 6. The molecule has 0 heterocycles. The molecule has 0 bridgehead atoms. The van der Waals surface area contributed by atoms with Crippen molar-refractivity contribution in [2.75, 3.05) is 0 Å². The van der Waals surface area contributed by atoms with Crippen LogP contribution in [0.4, 0.5) is 0 Å². The zero-order valence-electron chi connectivity index (χ0n) is 17.7. The minimum absolute atomic E-state index is 0.0494. The van der Waals surface area contributed by atoms with Crippen molar-refractivity contribution in [3.63, 3.8) is 0 Å². The maximum atomic E-state index is 11.5. The maximum absolute atomic E-state index is 11.5. The molecule has 0 radical (unpaired) electrons. The number of fused-ring (bicyclic) bond motifs is 5. The van der Waals surface area contributed by atoms with Gasteiger partial charge in [0.2, 0.25) is 0 Å². The molecule has 0 aliphatic heterocycles. The van der Waals surface area contributed by atoms with Crippen molar-refractivity contribution in [3.05, 3.63) is 11.6 Å². The third-order valence-electron chi connectivity index (χ3n) is 9.14. The smallest absolute Gasteiger partial charge is 0.264 e. The van der Waals surface area contributed by atoms with E-state index in [4.69, 9.17) is 12.9 Å². The van der Waals surface area contributed by atoms with Crippen molar-refractivity contribution in [1.82, 2.24) is 0 Å². The minimum Gasteiger partial charge on any atom is -0.264 e. The first-order chi connectivity index (χ1) is 13.7. The Morgan fingerprint density at radius 2 is 1.60 bits per heavy atom. The summed E-state index contributed by atoms with van der Waals surface area (Å²) in [5.74, 6) is 1.11. The van der Waals surface area contributed by atoms with Gasteiger partial charge in [0.15, 0.2) is 0 Å². The Balaban J connectivity index is 1.59. The lowest BCUT2D eigenvalue weighted by atomic mass is 9.47. The molecule has 0 saturated heterocycles. The fourth-order valence-corrected chi connectivity index (χ4v) is 8.72. The van der Waals surface area contributed by atoms with E-state index in [0.717, 1.165) is 32.1 Å². The molecule has 0 aromatic heterocycles. The first kappa shape index (κ1) is 22.7. The zero-order valence-corrected chi connectivity index (χ0v) is 19.3. The van der Waals surface area contributed by atoms with Crippen LogP contribution in [0.15, 0.2) is 11.6 Å². The van der Waals surface area contributed by atoms with Gasteiger partial charge < -0.3 is 0 Å². The van der Waals surface area contributed by atoms with E-state index in [9.17, 15) is 21.4 Å². The van der Waals surface area contributed by atoms with Gasteiger partial charge in [-0.25, -0.2) is 8.37 Å². The quantitative estimate of drug-likeness (QED) is 0.476. The Morgan fingerprint density at radius 1 is 0.933 bits per heavy atom. The predicted octanol–water partition coefficient (Wildman–Crippen LogP) is 3.72. The van der Waals surface area contributed by atoms with Gasteiger partial charge in [-0.05, 0) is 81.5 Å². The molecule has 4 aliphatic rings. The molecule has 8 nitrogen and oxygen atoms in total. The second-order valence-electron chi connectivity index (χ2n) is 10.4. The number of allylic oxidation sites excluding steroid dienone is 1. The summed E-state index contributed by atoms with van der Waals surface area (Å²) in [6.07, 6.45) is 7.62. The van der Waals surface area contributed by atoms with Gasteiger partial charge in [-0.15, -0.1) is 0 Å². The minimum atomic E-state index is -4.53. The van der Waals surface area contributed by atoms with Gasteiger partial charge in [0.05, 0.1) is 11.7 Å². The highest BCUT2D eigenvalue weighted by atomic mass is 32.3. The summed E-state index contributed by atoms with van der Waals surface area (Å²) < 4.78 is 73.8. The Kier molecular flexibility index (Phi) is 5.28. The Hall–Kier alpha value is -0.520. The summed E-state index contributed by atoms with van der Waals surface area (Å²) in [5.41, 5.74) is -0.0899. The normalized spacial score (nSPS) is 46.5. The molecular formula is C20H32O8S2. The molecule has 0 spiro atoms. The van der Waals surface area contributed by atoms with Crippen molar-refractivity contribution < 1.29 is 34.3 Å². The lowest BCUT2D eigenvalue weighted by Crippen LogP contribution is -2.55. The molecule has 172 valence electrons. The summed E-state index contributed by atoms with van der Waals surface area (Å²) >= 11 is 0. The third kappa shape index (κ3) is 3.67. The fraction of sp³-hybridized carbons (Fsp3) is 0.900. The van der Waals surface area contributed by atoms with Crippen molar-refractivity contribution in [2.45, 2.75) is 83.8 Å². The highest BCUT2D eigenvalue weighted by Crippen LogP contribution is 2.68. The van der Waals surface area contributed by atoms with E-state index in [1.54, 1.807) is 0 Å². The average Bonchev–Trinajstić information content (AvgIpc) is 2.83. The predicted molar refractivity (Wildman–Crippen MR) is 109 cm³/mol. The van der Waals surface area contributed by atoms with Crippen molar-refractivity contribution >= 4 is 20.8 Å². The van der Waals surface area contributed by atoms with Crippen LogP contribution in [0.1, 0.15) is 72.1 Å². The number of rotatable bonds is 4. The van der Waals surface area contributed by atoms with E-state index in [1.807, 2.05) is 6.92 Å². The van der Waals surface area contributed by atoms with Crippen LogP contribution in [0.2, 0.25) is 0 Å². The van der Waals surface area contributed by atoms with E-state index in [-0.39, 0.29) is 10.8 Å². The van der Waals surface area contributed by atoms with Gasteiger partial charge in [-0.2, -0.15) is 16.8 Å². The highest BCUT2D eigenvalue weighted by Gasteiger charge is 2.64. The first-order valence-electron chi connectivity index (χ1n) is 10.7. The highest BCUT2D eigenvalue weighted by molar-refractivity contribution is 7.81. The lowest BCUT2D eigenvalue weighted by Gasteiger charge is -2.59. The number of hydrogen-bond donors (Lipinski definition) is 2. The molecule has 0 aromatic carbocycles. The van der Waals surface area contributed by atoms with Crippen molar-refractivity contribution in [3.8, 4) is 0 Å².